The van der Waals surface area contributed by atoms with Crippen LogP contribution in [0.3, 0.4) is 0 Å². The lowest BCUT2D eigenvalue weighted by molar-refractivity contribution is -0.274. The maximum atomic E-state index is 12.8. The van der Waals surface area contributed by atoms with Crippen LogP contribution in [-0.2, 0) is 0 Å². The molecule has 0 saturated carbocycles. The van der Waals surface area contributed by atoms with Crippen molar-refractivity contribution in [2.75, 3.05) is 26.2 Å². The number of nitrogens with zero attached hydrogens (tertiary/aromatic N) is 1. The fraction of sp³-hybridized carbons (Fsp3) is 0.571. The highest BCUT2D eigenvalue weighted by molar-refractivity contribution is 5.31. The highest BCUT2D eigenvalue weighted by Gasteiger charge is 2.32. The van der Waals surface area contributed by atoms with Crippen LogP contribution in [-0.4, -0.2) is 43.9 Å². The Morgan fingerprint density at radius 1 is 1.18 bits per heavy atom. The molecule has 0 aliphatic carbocycles. The molecule has 1 aliphatic heterocycles. The molecule has 0 unspecified atom stereocenters. The first-order valence-corrected chi connectivity index (χ1v) is 6.94. The maximum Gasteiger partial charge on any atom is 0.573 e. The quantitative estimate of drug-likeness (QED) is 0.842. The van der Waals surface area contributed by atoms with Crippen molar-refractivity contribution in [2.45, 2.75) is 25.3 Å². The minimum Gasteiger partial charge on any atom is -0.406 e. The van der Waals surface area contributed by atoms with Crippen LogP contribution >= 0.6 is 0 Å². The van der Waals surface area contributed by atoms with E-state index >= 15 is 0 Å². The summed E-state index contributed by atoms with van der Waals surface area (Å²) in [7, 11) is 0. The molecule has 0 aromatic heterocycles. The molecule has 1 aromatic rings. The van der Waals surface area contributed by atoms with Crippen LogP contribution in [0.1, 0.15) is 18.0 Å². The fourth-order valence-corrected chi connectivity index (χ4v) is 2.58. The van der Waals surface area contributed by atoms with E-state index in [4.69, 9.17) is 0 Å². The molecule has 1 aliphatic rings. The highest BCUT2D eigenvalue weighted by atomic mass is 19.4. The standard InChI is InChI=1S/C14H17F5N2O/c15-13(16)9-12(21-6-4-20-5-7-21)10-2-1-3-11(8-10)22-14(17,18)19/h1-3,8,12-13,20H,4-7,9H2/t12-/m0/s1. The van der Waals surface area contributed by atoms with Gasteiger partial charge in [-0.05, 0) is 17.7 Å². The van der Waals surface area contributed by atoms with E-state index in [2.05, 4.69) is 10.1 Å². The van der Waals surface area contributed by atoms with Crippen molar-refractivity contribution in [3.05, 3.63) is 29.8 Å². The summed E-state index contributed by atoms with van der Waals surface area (Å²) in [4.78, 5) is 1.86. The first kappa shape index (κ1) is 17.0. The predicted molar refractivity (Wildman–Crippen MR) is 70.9 cm³/mol. The Labute approximate surface area is 125 Å². The molecule has 1 fully saturated rings. The summed E-state index contributed by atoms with van der Waals surface area (Å²) in [6.45, 7) is 2.47. The van der Waals surface area contributed by atoms with Crippen LogP contribution in [0, 0.1) is 0 Å². The van der Waals surface area contributed by atoms with Gasteiger partial charge in [-0.3, -0.25) is 4.90 Å². The third kappa shape index (κ3) is 5.10. The van der Waals surface area contributed by atoms with Gasteiger partial charge >= 0.3 is 6.36 Å². The SMILES string of the molecule is FC(F)C[C@@H](c1cccc(OC(F)(F)F)c1)N1CCNCC1. The third-order valence-corrected chi connectivity index (χ3v) is 3.47. The van der Waals surface area contributed by atoms with E-state index in [1.807, 2.05) is 4.90 Å². The molecule has 124 valence electrons. The minimum atomic E-state index is -4.80. The van der Waals surface area contributed by atoms with Crippen molar-refractivity contribution in [1.29, 1.82) is 0 Å². The predicted octanol–water partition coefficient (Wildman–Crippen LogP) is 3.19. The van der Waals surface area contributed by atoms with Crippen LogP contribution in [0.25, 0.3) is 0 Å². The maximum absolute atomic E-state index is 12.8. The summed E-state index contributed by atoms with van der Waals surface area (Å²) in [5.74, 6) is -0.389. The first-order chi connectivity index (χ1) is 10.3. The molecule has 2 rings (SSSR count). The molecular formula is C14H17F5N2O. The van der Waals surface area contributed by atoms with Crippen molar-refractivity contribution >= 4 is 0 Å². The normalized spacial score (nSPS) is 18.5. The number of rotatable bonds is 5. The van der Waals surface area contributed by atoms with Crippen LogP contribution < -0.4 is 10.1 Å². The van der Waals surface area contributed by atoms with Gasteiger partial charge in [0.25, 0.3) is 0 Å². The number of piperazine rings is 1. The van der Waals surface area contributed by atoms with Gasteiger partial charge in [-0.2, -0.15) is 0 Å². The average molecular weight is 324 g/mol. The molecule has 0 spiro atoms. The van der Waals surface area contributed by atoms with Crippen molar-refractivity contribution in [2.24, 2.45) is 0 Å². The van der Waals surface area contributed by atoms with E-state index < -0.39 is 25.3 Å². The Kier molecular flexibility index (Phi) is 5.57. The second-order valence-electron chi connectivity index (χ2n) is 5.05. The number of hydrogen-bond acceptors (Lipinski definition) is 3. The van der Waals surface area contributed by atoms with E-state index in [0.717, 1.165) is 6.07 Å². The van der Waals surface area contributed by atoms with Gasteiger partial charge in [0.1, 0.15) is 5.75 Å². The molecule has 0 amide bonds. The number of halogens is 5. The zero-order valence-corrected chi connectivity index (χ0v) is 11.7. The summed E-state index contributed by atoms with van der Waals surface area (Å²) in [5.41, 5.74) is 0.406. The molecule has 3 nitrogen and oxygen atoms in total. The lowest BCUT2D eigenvalue weighted by atomic mass is 10.0. The average Bonchev–Trinajstić information content (AvgIpc) is 2.44. The Hall–Kier alpha value is -1.41. The van der Waals surface area contributed by atoms with Crippen molar-refractivity contribution in [3.8, 4) is 5.75 Å². The van der Waals surface area contributed by atoms with E-state index in [1.54, 1.807) is 6.07 Å². The van der Waals surface area contributed by atoms with E-state index in [9.17, 15) is 22.0 Å². The first-order valence-electron chi connectivity index (χ1n) is 6.94. The molecular weight excluding hydrogens is 307 g/mol. The number of benzene rings is 1. The topological polar surface area (TPSA) is 24.5 Å². The number of alkyl halides is 5. The van der Waals surface area contributed by atoms with Crippen LogP contribution in [0.15, 0.2) is 24.3 Å². The van der Waals surface area contributed by atoms with Gasteiger partial charge in [-0.25, -0.2) is 8.78 Å². The molecule has 1 atom stereocenters. The van der Waals surface area contributed by atoms with Gasteiger partial charge in [-0.15, -0.1) is 13.2 Å². The lowest BCUT2D eigenvalue weighted by Crippen LogP contribution is -2.45. The monoisotopic (exact) mass is 324 g/mol. The summed E-state index contributed by atoms with van der Waals surface area (Å²) in [6.07, 6.45) is -7.76. The third-order valence-electron chi connectivity index (χ3n) is 3.47. The molecule has 1 saturated heterocycles. The Morgan fingerprint density at radius 3 is 2.45 bits per heavy atom. The van der Waals surface area contributed by atoms with Crippen molar-refractivity contribution in [3.63, 3.8) is 0 Å². The fourth-order valence-electron chi connectivity index (χ4n) is 2.58. The Morgan fingerprint density at radius 2 is 1.86 bits per heavy atom. The Bertz CT molecular complexity index is 475. The summed E-state index contributed by atoms with van der Waals surface area (Å²) in [5, 5.41) is 3.11. The summed E-state index contributed by atoms with van der Waals surface area (Å²) < 4.78 is 66.4. The summed E-state index contributed by atoms with van der Waals surface area (Å²) >= 11 is 0. The molecule has 8 heteroatoms. The molecule has 1 N–H and O–H groups in total. The number of ether oxygens (including phenoxy) is 1. The summed E-state index contributed by atoms with van der Waals surface area (Å²) in [6, 6.07) is 4.66. The molecule has 0 radical (unpaired) electrons. The Balaban J connectivity index is 2.20. The molecule has 0 bridgehead atoms. The lowest BCUT2D eigenvalue weighted by Gasteiger charge is -2.35. The second kappa shape index (κ2) is 7.23. The van der Waals surface area contributed by atoms with Gasteiger partial charge in [0.2, 0.25) is 6.43 Å². The molecule has 22 heavy (non-hydrogen) atoms. The van der Waals surface area contributed by atoms with Crippen molar-refractivity contribution < 1.29 is 26.7 Å². The van der Waals surface area contributed by atoms with Gasteiger partial charge in [0, 0.05) is 38.6 Å². The van der Waals surface area contributed by atoms with Gasteiger partial charge in [0.15, 0.2) is 0 Å². The van der Waals surface area contributed by atoms with Crippen molar-refractivity contribution in [1.82, 2.24) is 10.2 Å². The molecule has 1 aromatic carbocycles. The zero-order chi connectivity index (χ0) is 16.2. The smallest absolute Gasteiger partial charge is 0.406 e. The van der Waals surface area contributed by atoms with Crippen LogP contribution in [0.4, 0.5) is 22.0 Å². The van der Waals surface area contributed by atoms with Gasteiger partial charge in [0.05, 0.1) is 0 Å². The minimum absolute atomic E-state index is 0.389. The van der Waals surface area contributed by atoms with Gasteiger partial charge in [-0.1, -0.05) is 12.1 Å². The number of hydrogen-bond donors (Lipinski definition) is 1. The van der Waals surface area contributed by atoms with E-state index in [0.29, 0.717) is 31.7 Å². The largest absolute Gasteiger partial charge is 0.573 e. The highest BCUT2D eigenvalue weighted by Crippen LogP contribution is 2.31. The van der Waals surface area contributed by atoms with E-state index in [1.165, 1.54) is 12.1 Å². The number of nitrogens with one attached hydrogen (secondary N) is 1. The van der Waals surface area contributed by atoms with Crippen LogP contribution in [0.2, 0.25) is 0 Å². The van der Waals surface area contributed by atoms with Crippen LogP contribution in [0.5, 0.6) is 5.75 Å². The van der Waals surface area contributed by atoms with Gasteiger partial charge < -0.3 is 10.1 Å². The van der Waals surface area contributed by atoms with E-state index in [-0.39, 0.29) is 5.75 Å². The second-order valence-corrected chi connectivity index (χ2v) is 5.05. The zero-order valence-electron chi connectivity index (χ0n) is 11.7. The molecule has 1 heterocycles.